The van der Waals surface area contributed by atoms with E-state index in [2.05, 4.69) is 12.2 Å². The minimum Gasteiger partial charge on any atom is -0.398 e. The van der Waals surface area contributed by atoms with Crippen LogP contribution in [0.2, 0.25) is 0 Å². The van der Waals surface area contributed by atoms with Crippen molar-refractivity contribution in [1.82, 2.24) is 0 Å². The Bertz CT molecular complexity index is 678. The number of hydrogen-bond donors (Lipinski definition) is 2. The fraction of sp³-hybridized carbons (Fsp3) is 0.278. The molecule has 4 nitrogen and oxygen atoms in total. The SMILES string of the molecule is CCc1c(C)c(N(C)C)cc(C(=O)Nc2ccccc2)c1N. The summed E-state index contributed by atoms with van der Waals surface area (Å²) in [7, 11) is 3.94. The number of para-hydroxylation sites is 1. The predicted molar refractivity (Wildman–Crippen MR) is 93.7 cm³/mol. The highest BCUT2D eigenvalue weighted by atomic mass is 16.1. The van der Waals surface area contributed by atoms with Crippen LogP contribution in [0.4, 0.5) is 17.1 Å². The number of amides is 1. The van der Waals surface area contributed by atoms with E-state index in [1.807, 2.05) is 62.3 Å². The molecule has 0 bridgehead atoms. The number of nitrogen functional groups attached to an aromatic ring is 1. The number of nitrogens with two attached hydrogens (primary N) is 1. The summed E-state index contributed by atoms with van der Waals surface area (Å²) >= 11 is 0. The molecular formula is C18H23N3O. The molecule has 0 fully saturated rings. The van der Waals surface area contributed by atoms with Crippen molar-refractivity contribution in [1.29, 1.82) is 0 Å². The van der Waals surface area contributed by atoms with Gasteiger partial charge in [-0.15, -0.1) is 0 Å². The van der Waals surface area contributed by atoms with Crippen LogP contribution in [0.1, 0.15) is 28.4 Å². The van der Waals surface area contributed by atoms with Crippen molar-refractivity contribution >= 4 is 23.0 Å². The lowest BCUT2D eigenvalue weighted by Gasteiger charge is -2.22. The minimum absolute atomic E-state index is 0.179. The second kappa shape index (κ2) is 6.52. The largest absolute Gasteiger partial charge is 0.398 e. The van der Waals surface area contributed by atoms with Crippen molar-refractivity contribution in [3.8, 4) is 0 Å². The van der Waals surface area contributed by atoms with Crippen molar-refractivity contribution in [3.63, 3.8) is 0 Å². The molecular weight excluding hydrogens is 274 g/mol. The number of nitrogens with zero attached hydrogens (tertiary/aromatic N) is 1. The number of anilines is 3. The molecule has 1 amide bonds. The third kappa shape index (κ3) is 3.06. The van der Waals surface area contributed by atoms with Gasteiger partial charge in [-0.25, -0.2) is 0 Å². The molecule has 22 heavy (non-hydrogen) atoms. The van der Waals surface area contributed by atoms with E-state index >= 15 is 0 Å². The minimum atomic E-state index is -0.179. The zero-order chi connectivity index (χ0) is 16.3. The van der Waals surface area contributed by atoms with E-state index in [0.29, 0.717) is 11.3 Å². The number of rotatable bonds is 4. The maximum Gasteiger partial charge on any atom is 0.257 e. The monoisotopic (exact) mass is 297 g/mol. The fourth-order valence-electron chi connectivity index (χ4n) is 2.67. The van der Waals surface area contributed by atoms with Gasteiger partial charge in [-0.05, 0) is 42.7 Å². The lowest BCUT2D eigenvalue weighted by atomic mass is 9.97. The maximum absolute atomic E-state index is 12.6. The quantitative estimate of drug-likeness (QED) is 0.850. The molecule has 3 N–H and O–H groups in total. The van der Waals surface area contributed by atoms with Crippen molar-refractivity contribution in [2.75, 3.05) is 30.0 Å². The van der Waals surface area contributed by atoms with Crippen LogP contribution in [0, 0.1) is 6.92 Å². The van der Waals surface area contributed by atoms with E-state index in [-0.39, 0.29) is 5.91 Å². The number of carbonyl (C=O) groups excluding carboxylic acids is 1. The standard InChI is InChI=1S/C18H23N3O/c1-5-14-12(2)16(21(3)4)11-15(17(14)19)18(22)20-13-9-7-6-8-10-13/h6-11H,5,19H2,1-4H3,(H,20,22). The van der Waals surface area contributed by atoms with Crippen molar-refractivity contribution in [2.45, 2.75) is 20.3 Å². The molecule has 0 aliphatic heterocycles. The molecule has 0 unspecified atom stereocenters. The summed E-state index contributed by atoms with van der Waals surface area (Å²) in [6, 6.07) is 11.3. The van der Waals surface area contributed by atoms with E-state index in [1.54, 1.807) is 0 Å². The predicted octanol–water partition coefficient (Wildman–Crippen LogP) is 3.46. The van der Waals surface area contributed by atoms with Gasteiger partial charge in [0, 0.05) is 31.2 Å². The van der Waals surface area contributed by atoms with Crippen LogP contribution >= 0.6 is 0 Å². The van der Waals surface area contributed by atoms with E-state index < -0.39 is 0 Å². The first-order valence-electron chi connectivity index (χ1n) is 7.41. The Morgan fingerprint density at radius 1 is 1.23 bits per heavy atom. The first kappa shape index (κ1) is 15.9. The number of carbonyl (C=O) groups is 1. The second-order valence-electron chi connectivity index (χ2n) is 5.53. The molecule has 116 valence electrons. The van der Waals surface area contributed by atoms with Gasteiger partial charge >= 0.3 is 0 Å². The molecule has 2 rings (SSSR count). The van der Waals surface area contributed by atoms with Gasteiger partial charge in [0.1, 0.15) is 0 Å². The van der Waals surface area contributed by atoms with Crippen LogP contribution in [-0.4, -0.2) is 20.0 Å². The van der Waals surface area contributed by atoms with Gasteiger partial charge in [0.15, 0.2) is 0 Å². The number of nitrogens with one attached hydrogen (secondary N) is 1. The van der Waals surface area contributed by atoms with E-state index in [0.717, 1.165) is 28.9 Å². The van der Waals surface area contributed by atoms with E-state index in [9.17, 15) is 4.79 Å². The van der Waals surface area contributed by atoms with Crippen LogP contribution in [0.25, 0.3) is 0 Å². The van der Waals surface area contributed by atoms with Crippen LogP contribution < -0.4 is 16.0 Å². The molecule has 2 aromatic rings. The molecule has 0 heterocycles. The molecule has 0 aliphatic carbocycles. The second-order valence-corrected chi connectivity index (χ2v) is 5.53. The summed E-state index contributed by atoms with van der Waals surface area (Å²) < 4.78 is 0. The topological polar surface area (TPSA) is 58.4 Å². The Labute approximate surface area is 131 Å². The third-order valence-corrected chi connectivity index (χ3v) is 3.84. The average molecular weight is 297 g/mol. The smallest absolute Gasteiger partial charge is 0.257 e. The summed E-state index contributed by atoms with van der Waals surface area (Å²) in [5.41, 5.74) is 11.3. The normalized spacial score (nSPS) is 10.4. The van der Waals surface area contributed by atoms with Gasteiger partial charge in [0.2, 0.25) is 0 Å². The molecule has 4 heteroatoms. The van der Waals surface area contributed by atoms with E-state index in [1.165, 1.54) is 0 Å². The summed E-state index contributed by atoms with van der Waals surface area (Å²) in [5, 5.41) is 2.90. The molecule has 0 atom stereocenters. The van der Waals surface area contributed by atoms with Crippen molar-refractivity contribution in [2.24, 2.45) is 0 Å². The molecule has 0 saturated carbocycles. The van der Waals surface area contributed by atoms with E-state index in [4.69, 9.17) is 5.73 Å². The third-order valence-electron chi connectivity index (χ3n) is 3.84. The molecule has 0 aliphatic rings. The van der Waals surface area contributed by atoms with Gasteiger partial charge in [-0.1, -0.05) is 25.1 Å². The Hall–Kier alpha value is -2.49. The Morgan fingerprint density at radius 2 is 1.86 bits per heavy atom. The molecule has 0 radical (unpaired) electrons. The van der Waals surface area contributed by atoms with Crippen LogP contribution in [0.3, 0.4) is 0 Å². The van der Waals surface area contributed by atoms with Crippen molar-refractivity contribution < 1.29 is 4.79 Å². The van der Waals surface area contributed by atoms with Gasteiger partial charge in [0.05, 0.1) is 5.56 Å². The first-order chi connectivity index (χ1) is 10.5. The lowest BCUT2D eigenvalue weighted by Crippen LogP contribution is -2.19. The summed E-state index contributed by atoms with van der Waals surface area (Å²) in [6.45, 7) is 4.10. The van der Waals surface area contributed by atoms with Gasteiger partial charge in [0.25, 0.3) is 5.91 Å². The van der Waals surface area contributed by atoms with Crippen LogP contribution in [-0.2, 0) is 6.42 Å². The molecule has 0 aromatic heterocycles. The van der Waals surface area contributed by atoms with Gasteiger partial charge < -0.3 is 16.0 Å². The highest BCUT2D eigenvalue weighted by Crippen LogP contribution is 2.31. The Kier molecular flexibility index (Phi) is 4.71. The summed E-state index contributed by atoms with van der Waals surface area (Å²) in [5.74, 6) is -0.179. The molecule has 0 spiro atoms. The Morgan fingerprint density at radius 3 is 2.41 bits per heavy atom. The summed E-state index contributed by atoms with van der Waals surface area (Å²) in [6.07, 6.45) is 0.797. The van der Waals surface area contributed by atoms with Crippen LogP contribution in [0.5, 0.6) is 0 Å². The highest BCUT2D eigenvalue weighted by molar-refractivity contribution is 6.09. The Balaban J connectivity index is 2.46. The maximum atomic E-state index is 12.6. The first-order valence-corrected chi connectivity index (χ1v) is 7.41. The highest BCUT2D eigenvalue weighted by Gasteiger charge is 2.18. The fourth-order valence-corrected chi connectivity index (χ4v) is 2.67. The lowest BCUT2D eigenvalue weighted by molar-refractivity contribution is 0.102. The molecule has 2 aromatic carbocycles. The van der Waals surface area contributed by atoms with Gasteiger partial charge in [-0.2, -0.15) is 0 Å². The zero-order valence-electron chi connectivity index (χ0n) is 13.6. The average Bonchev–Trinajstić information content (AvgIpc) is 2.48. The number of benzene rings is 2. The van der Waals surface area contributed by atoms with Crippen LogP contribution in [0.15, 0.2) is 36.4 Å². The van der Waals surface area contributed by atoms with Crippen molar-refractivity contribution in [3.05, 3.63) is 53.1 Å². The molecule has 0 saturated heterocycles. The number of hydrogen-bond acceptors (Lipinski definition) is 3. The van der Waals surface area contributed by atoms with Gasteiger partial charge in [-0.3, -0.25) is 4.79 Å². The summed E-state index contributed by atoms with van der Waals surface area (Å²) in [4.78, 5) is 14.6. The zero-order valence-corrected chi connectivity index (χ0v) is 13.6.